The van der Waals surface area contributed by atoms with Crippen LogP contribution >= 0.6 is 24.0 Å². The van der Waals surface area contributed by atoms with Gasteiger partial charge in [0.15, 0.2) is 0 Å². The molecule has 1 heterocycles. The number of hydrogen-bond acceptors (Lipinski definition) is 4. The van der Waals surface area contributed by atoms with Gasteiger partial charge in [-0.3, -0.25) is 14.5 Å². The highest BCUT2D eigenvalue weighted by Crippen LogP contribution is 2.30. The fourth-order valence-electron chi connectivity index (χ4n) is 1.70. The van der Waals surface area contributed by atoms with E-state index in [0.717, 1.165) is 17.3 Å². The summed E-state index contributed by atoms with van der Waals surface area (Å²) >= 11 is 6.28. The molecular weight excluding hydrogens is 270 g/mol. The molecule has 1 aromatic carbocycles. The minimum Gasteiger partial charge on any atom is -0.481 e. The van der Waals surface area contributed by atoms with Crippen molar-refractivity contribution in [1.82, 2.24) is 4.90 Å². The van der Waals surface area contributed by atoms with Crippen LogP contribution in [-0.4, -0.2) is 31.5 Å². The molecule has 1 atom stereocenters. The first-order valence-electron chi connectivity index (χ1n) is 5.35. The van der Waals surface area contributed by atoms with E-state index in [1.807, 2.05) is 30.3 Å². The van der Waals surface area contributed by atoms with E-state index in [1.165, 1.54) is 4.90 Å². The molecule has 0 bridgehead atoms. The lowest BCUT2D eigenvalue weighted by atomic mass is 10.2. The van der Waals surface area contributed by atoms with Crippen molar-refractivity contribution in [2.24, 2.45) is 0 Å². The van der Waals surface area contributed by atoms with Gasteiger partial charge in [0, 0.05) is 0 Å². The van der Waals surface area contributed by atoms with Crippen molar-refractivity contribution >= 4 is 40.2 Å². The molecule has 1 aliphatic heterocycles. The van der Waals surface area contributed by atoms with Crippen molar-refractivity contribution in [1.29, 1.82) is 0 Å². The number of carboxylic acid groups (broad SMARTS) is 1. The molecule has 0 aromatic heterocycles. The van der Waals surface area contributed by atoms with Gasteiger partial charge >= 0.3 is 5.97 Å². The summed E-state index contributed by atoms with van der Waals surface area (Å²) < 4.78 is 0.454. The monoisotopic (exact) mass is 281 g/mol. The van der Waals surface area contributed by atoms with Crippen molar-refractivity contribution in [2.45, 2.75) is 18.2 Å². The molecule has 0 aliphatic carbocycles. The predicted molar refractivity (Wildman–Crippen MR) is 73.2 cm³/mol. The van der Waals surface area contributed by atoms with Crippen LogP contribution in [0.2, 0.25) is 0 Å². The van der Waals surface area contributed by atoms with Crippen LogP contribution in [0, 0.1) is 0 Å². The number of benzene rings is 1. The second kappa shape index (κ2) is 5.49. The quantitative estimate of drug-likeness (QED) is 0.854. The highest BCUT2D eigenvalue weighted by Gasteiger charge is 2.37. The van der Waals surface area contributed by atoms with Crippen LogP contribution < -0.4 is 0 Å². The Morgan fingerprint density at radius 3 is 2.67 bits per heavy atom. The third kappa shape index (κ3) is 2.88. The van der Waals surface area contributed by atoms with Gasteiger partial charge in [0.25, 0.3) is 0 Å². The lowest BCUT2D eigenvalue weighted by Gasteiger charge is -2.15. The molecule has 2 rings (SSSR count). The van der Waals surface area contributed by atoms with Crippen LogP contribution in [0.4, 0.5) is 0 Å². The number of hydrogen-bond donors (Lipinski definition) is 1. The average Bonchev–Trinajstić information content (AvgIpc) is 2.58. The van der Waals surface area contributed by atoms with Crippen LogP contribution in [0.25, 0.3) is 0 Å². The zero-order valence-electron chi connectivity index (χ0n) is 9.41. The minimum atomic E-state index is -0.981. The number of carbonyl (C=O) groups excluding carboxylic acids is 1. The van der Waals surface area contributed by atoms with Crippen molar-refractivity contribution in [3.05, 3.63) is 35.9 Å². The predicted octanol–water partition coefficient (Wildman–Crippen LogP) is 1.89. The molecule has 0 saturated carbocycles. The van der Waals surface area contributed by atoms with Gasteiger partial charge in [0.05, 0.1) is 13.0 Å². The van der Waals surface area contributed by atoms with E-state index in [1.54, 1.807) is 0 Å². The Labute approximate surface area is 114 Å². The highest BCUT2D eigenvalue weighted by molar-refractivity contribution is 8.24. The van der Waals surface area contributed by atoms with Gasteiger partial charge in [-0.05, 0) is 5.56 Å². The molecule has 18 heavy (non-hydrogen) atoms. The third-order valence-electron chi connectivity index (χ3n) is 2.55. The summed E-state index contributed by atoms with van der Waals surface area (Å²) in [5, 5.41) is 8.14. The fourth-order valence-corrected chi connectivity index (χ4v) is 3.18. The Kier molecular flexibility index (Phi) is 3.98. The summed E-state index contributed by atoms with van der Waals surface area (Å²) in [5.74, 6) is -1.19. The first-order valence-corrected chi connectivity index (χ1v) is 6.64. The molecule has 1 saturated heterocycles. The molecule has 1 amide bonds. The van der Waals surface area contributed by atoms with E-state index in [2.05, 4.69) is 0 Å². The maximum atomic E-state index is 12.0. The molecule has 0 radical (unpaired) electrons. The van der Waals surface area contributed by atoms with E-state index in [4.69, 9.17) is 17.3 Å². The molecule has 1 N–H and O–H groups in total. The van der Waals surface area contributed by atoms with Gasteiger partial charge in [-0.25, -0.2) is 0 Å². The second-order valence-electron chi connectivity index (χ2n) is 3.88. The molecule has 1 unspecified atom stereocenters. The fraction of sp³-hybridized carbons (Fsp3) is 0.250. The standard InChI is InChI=1S/C12H11NO3S2/c14-10(15)6-9-11(16)13(12(17)18-9)7-8-4-2-1-3-5-8/h1-5,9H,6-7H2,(H,14,15). The van der Waals surface area contributed by atoms with Crippen molar-refractivity contribution in [3.8, 4) is 0 Å². The summed E-state index contributed by atoms with van der Waals surface area (Å²) in [5.41, 5.74) is 0.977. The molecule has 1 aromatic rings. The van der Waals surface area contributed by atoms with Crippen LogP contribution in [-0.2, 0) is 16.1 Å². The van der Waals surface area contributed by atoms with E-state index in [0.29, 0.717) is 10.9 Å². The van der Waals surface area contributed by atoms with E-state index >= 15 is 0 Å². The van der Waals surface area contributed by atoms with E-state index in [-0.39, 0.29) is 12.3 Å². The zero-order chi connectivity index (χ0) is 13.1. The lowest BCUT2D eigenvalue weighted by molar-refractivity contribution is -0.139. The van der Waals surface area contributed by atoms with Gasteiger partial charge in [0.1, 0.15) is 9.57 Å². The minimum absolute atomic E-state index is 0.186. The van der Waals surface area contributed by atoms with Gasteiger partial charge in [-0.2, -0.15) is 0 Å². The third-order valence-corrected chi connectivity index (χ3v) is 4.13. The maximum absolute atomic E-state index is 12.0. The molecule has 1 fully saturated rings. The van der Waals surface area contributed by atoms with Gasteiger partial charge < -0.3 is 5.11 Å². The van der Waals surface area contributed by atoms with Crippen LogP contribution in [0.15, 0.2) is 30.3 Å². The number of rotatable bonds is 4. The Morgan fingerprint density at radius 2 is 2.06 bits per heavy atom. The van der Waals surface area contributed by atoms with Gasteiger partial charge in [-0.15, -0.1) is 0 Å². The number of thioether (sulfide) groups is 1. The maximum Gasteiger partial charge on any atom is 0.305 e. The number of nitrogens with zero attached hydrogens (tertiary/aromatic N) is 1. The summed E-state index contributed by atoms with van der Waals surface area (Å²) in [7, 11) is 0. The summed E-state index contributed by atoms with van der Waals surface area (Å²) in [6.45, 7) is 0.404. The van der Waals surface area contributed by atoms with Gasteiger partial charge in [0.2, 0.25) is 5.91 Å². The van der Waals surface area contributed by atoms with Crippen molar-refractivity contribution in [2.75, 3.05) is 0 Å². The first-order chi connectivity index (χ1) is 8.58. The molecular formula is C12H11NO3S2. The Morgan fingerprint density at radius 1 is 1.39 bits per heavy atom. The molecule has 1 aliphatic rings. The molecule has 6 heteroatoms. The SMILES string of the molecule is O=C(O)CC1SC(=S)N(Cc2ccccc2)C1=O. The van der Waals surface area contributed by atoms with Gasteiger partial charge in [-0.1, -0.05) is 54.3 Å². The first kappa shape index (κ1) is 13.0. The number of carboxylic acids is 1. The van der Waals surface area contributed by atoms with Crippen molar-refractivity contribution in [3.63, 3.8) is 0 Å². The smallest absolute Gasteiger partial charge is 0.305 e. The number of aliphatic carboxylic acids is 1. The Hall–Kier alpha value is -1.40. The Balaban J connectivity index is 2.08. The van der Waals surface area contributed by atoms with E-state index in [9.17, 15) is 9.59 Å². The summed E-state index contributed by atoms with van der Waals surface area (Å²) in [6, 6.07) is 9.49. The molecule has 4 nitrogen and oxygen atoms in total. The normalized spacial score (nSPS) is 19.3. The number of amides is 1. The van der Waals surface area contributed by atoms with Crippen LogP contribution in [0.1, 0.15) is 12.0 Å². The zero-order valence-corrected chi connectivity index (χ0v) is 11.0. The summed E-state index contributed by atoms with van der Waals surface area (Å²) in [6.07, 6.45) is -0.186. The van der Waals surface area contributed by atoms with Crippen molar-refractivity contribution < 1.29 is 14.7 Å². The Bertz CT molecular complexity index is 489. The average molecular weight is 281 g/mol. The van der Waals surface area contributed by atoms with Crippen LogP contribution in [0.3, 0.4) is 0 Å². The topological polar surface area (TPSA) is 57.6 Å². The molecule has 94 valence electrons. The second-order valence-corrected chi connectivity index (χ2v) is 5.72. The largest absolute Gasteiger partial charge is 0.481 e. The van der Waals surface area contributed by atoms with E-state index < -0.39 is 11.2 Å². The molecule has 0 spiro atoms. The lowest BCUT2D eigenvalue weighted by Crippen LogP contribution is -2.31. The summed E-state index contributed by atoms with van der Waals surface area (Å²) in [4.78, 5) is 24.1. The highest BCUT2D eigenvalue weighted by atomic mass is 32.2. The number of thiocarbonyl (C=S) groups is 1. The number of carbonyl (C=O) groups is 2. The van der Waals surface area contributed by atoms with Crippen LogP contribution in [0.5, 0.6) is 0 Å².